The SMILES string of the molecule is Cc1nc(C)c(C(=O)NCC(=O)c2cccc(Cl)c2)c(C2CCNCC2)n1.Cl. The third-order valence-electron chi connectivity index (χ3n) is 4.74. The number of nitrogens with zero attached hydrogens (tertiary/aromatic N) is 2. The van der Waals surface area contributed by atoms with Gasteiger partial charge in [-0.25, -0.2) is 9.97 Å². The van der Waals surface area contributed by atoms with E-state index in [9.17, 15) is 9.59 Å². The summed E-state index contributed by atoms with van der Waals surface area (Å²) < 4.78 is 0. The molecule has 0 saturated carbocycles. The number of benzene rings is 1. The first-order valence-corrected chi connectivity index (χ1v) is 9.46. The summed E-state index contributed by atoms with van der Waals surface area (Å²) in [5.41, 5.74) is 2.39. The van der Waals surface area contributed by atoms with Crippen LogP contribution >= 0.6 is 24.0 Å². The topological polar surface area (TPSA) is 84.0 Å². The fourth-order valence-electron chi connectivity index (χ4n) is 3.42. The number of hydrogen-bond donors (Lipinski definition) is 2. The molecule has 0 atom stereocenters. The Labute approximate surface area is 175 Å². The Balaban J connectivity index is 0.00000280. The summed E-state index contributed by atoms with van der Waals surface area (Å²) in [6.07, 6.45) is 1.86. The van der Waals surface area contributed by atoms with Gasteiger partial charge < -0.3 is 10.6 Å². The number of hydrogen-bond acceptors (Lipinski definition) is 5. The number of nitrogens with one attached hydrogen (secondary N) is 2. The van der Waals surface area contributed by atoms with E-state index in [-0.39, 0.29) is 36.6 Å². The molecule has 8 heteroatoms. The molecular formula is C20H24Cl2N4O2. The van der Waals surface area contributed by atoms with Crippen molar-refractivity contribution in [1.82, 2.24) is 20.6 Å². The minimum Gasteiger partial charge on any atom is -0.344 e. The number of rotatable bonds is 5. The summed E-state index contributed by atoms with van der Waals surface area (Å²) >= 11 is 5.93. The summed E-state index contributed by atoms with van der Waals surface area (Å²) in [6, 6.07) is 6.69. The number of ketones is 1. The van der Waals surface area contributed by atoms with Crippen LogP contribution in [0.4, 0.5) is 0 Å². The maximum absolute atomic E-state index is 12.9. The number of halogens is 2. The maximum Gasteiger partial charge on any atom is 0.255 e. The Morgan fingerprint density at radius 2 is 1.93 bits per heavy atom. The van der Waals surface area contributed by atoms with Crippen LogP contribution in [-0.2, 0) is 0 Å². The molecule has 2 aromatic rings. The van der Waals surface area contributed by atoms with Crippen LogP contribution in [0, 0.1) is 13.8 Å². The predicted octanol–water partition coefficient (Wildman–Crippen LogP) is 3.25. The molecule has 1 fully saturated rings. The van der Waals surface area contributed by atoms with Gasteiger partial charge in [0.25, 0.3) is 5.91 Å². The number of Topliss-reactive ketones (excluding diaryl/α,β-unsaturated/α-hetero) is 1. The summed E-state index contributed by atoms with van der Waals surface area (Å²) in [5, 5.41) is 6.54. The van der Waals surface area contributed by atoms with Crippen molar-refractivity contribution >= 4 is 35.7 Å². The Hall–Kier alpha value is -2.02. The molecule has 1 aromatic carbocycles. The Kier molecular flexibility index (Phi) is 7.92. The highest BCUT2D eigenvalue weighted by Gasteiger charge is 2.26. The molecule has 1 amide bonds. The lowest BCUT2D eigenvalue weighted by atomic mass is 9.90. The first-order chi connectivity index (χ1) is 13.0. The molecule has 150 valence electrons. The van der Waals surface area contributed by atoms with Crippen molar-refractivity contribution in [3.8, 4) is 0 Å². The molecule has 6 nitrogen and oxygen atoms in total. The fraction of sp³-hybridized carbons (Fsp3) is 0.400. The molecule has 0 spiro atoms. The molecule has 1 aliphatic rings. The molecule has 1 aromatic heterocycles. The van der Waals surface area contributed by atoms with Gasteiger partial charge in [0.1, 0.15) is 5.82 Å². The molecule has 1 saturated heterocycles. The van der Waals surface area contributed by atoms with Gasteiger partial charge in [0, 0.05) is 16.5 Å². The van der Waals surface area contributed by atoms with Gasteiger partial charge in [0.2, 0.25) is 0 Å². The van der Waals surface area contributed by atoms with Crippen LogP contribution in [-0.4, -0.2) is 41.3 Å². The lowest BCUT2D eigenvalue weighted by Crippen LogP contribution is -2.33. The molecule has 0 radical (unpaired) electrons. The van der Waals surface area contributed by atoms with E-state index in [0.29, 0.717) is 27.7 Å². The van der Waals surface area contributed by atoms with Crippen molar-refractivity contribution in [3.63, 3.8) is 0 Å². The largest absolute Gasteiger partial charge is 0.344 e. The first kappa shape index (κ1) is 22.3. The Morgan fingerprint density at radius 3 is 2.61 bits per heavy atom. The van der Waals surface area contributed by atoms with Gasteiger partial charge in [-0.1, -0.05) is 23.7 Å². The molecule has 2 heterocycles. The second-order valence-electron chi connectivity index (χ2n) is 6.76. The first-order valence-electron chi connectivity index (χ1n) is 9.08. The van der Waals surface area contributed by atoms with E-state index in [1.807, 2.05) is 13.8 Å². The number of aromatic nitrogens is 2. The summed E-state index contributed by atoms with van der Waals surface area (Å²) in [5.74, 6) is 0.375. The van der Waals surface area contributed by atoms with Gasteiger partial charge in [-0.2, -0.15) is 0 Å². The van der Waals surface area contributed by atoms with Gasteiger partial charge in [-0.3, -0.25) is 9.59 Å². The fourth-order valence-corrected chi connectivity index (χ4v) is 3.61. The van der Waals surface area contributed by atoms with E-state index in [2.05, 4.69) is 20.6 Å². The van der Waals surface area contributed by atoms with E-state index >= 15 is 0 Å². The summed E-state index contributed by atoms with van der Waals surface area (Å²) in [6.45, 7) is 5.36. The quantitative estimate of drug-likeness (QED) is 0.722. The molecule has 1 aliphatic heterocycles. The van der Waals surface area contributed by atoms with Gasteiger partial charge in [0.05, 0.1) is 23.5 Å². The highest BCUT2D eigenvalue weighted by Crippen LogP contribution is 2.27. The molecule has 28 heavy (non-hydrogen) atoms. The number of amides is 1. The van der Waals surface area contributed by atoms with Crippen LogP contribution in [0.1, 0.15) is 56.7 Å². The average molecular weight is 423 g/mol. The van der Waals surface area contributed by atoms with Crippen LogP contribution in [0.15, 0.2) is 24.3 Å². The third kappa shape index (κ3) is 5.28. The molecule has 0 unspecified atom stereocenters. The van der Waals surface area contributed by atoms with Crippen LogP contribution in [0.25, 0.3) is 0 Å². The normalized spacial score (nSPS) is 14.2. The maximum atomic E-state index is 12.9. The van der Waals surface area contributed by atoms with Gasteiger partial charge in [0.15, 0.2) is 5.78 Å². The van der Waals surface area contributed by atoms with Crippen LogP contribution < -0.4 is 10.6 Å². The second kappa shape index (κ2) is 9.96. The molecule has 0 bridgehead atoms. The highest BCUT2D eigenvalue weighted by molar-refractivity contribution is 6.31. The highest BCUT2D eigenvalue weighted by atomic mass is 35.5. The smallest absolute Gasteiger partial charge is 0.255 e. The second-order valence-corrected chi connectivity index (χ2v) is 7.19. The van der Waals surface area contributed by atoms with E-state index in [1.165, 1.54) is 0 Å². The monoisotopic (exact) mass is 422 g/mol. The van der Waals surface area contributed by atoms with Crippen LogP contribution in [0.5, 0.6) is 0 Å². The van der Waals surface area contributed by atoms with Crippen molar-refractivity contribution in [2.75, 3.05) is 19.6 Å². The number of carbonyl (C=O) groups excluding carboxylic acids is 2. The Morgan fingerprint density at radius 1 is 1.21 bits per heavy atom. The standard InChI is InChI=1S/C20H23ClN4O2.ClH/c1-12-18(19(25-13(2)24-12)14-6-8-22-9-7-14)20(27)23-11-17(26)15-4-3-5-16(21)10-15;/h3-5,10,14,22H,6-9,11H2,1-2H3,(H,23,27);1H. The molecule has 2 N–H and O–H groups in total. The van der Waals surface area contributed by atoms with Crippen molar-refractivity contribution in [2.24, 2.45) is 0 Å². The summed E-state index contributed by atoms with van der Waals surface area (Å²) in [4.78, 5) is 34.1. The lowest BCUT2D eigenvalue weighted by Gasteiger charge is -2.24. The molecule has 0 aliphatic carbocycles. The number of piperidine rings is 1. The molecule has 3 rings (SSSR count). The van der Waals surface area contributed by atoms with E-state index in [0.717, 1.165) is 31.6 Å². The zero-order valence-corrected chi connectivity index (χ0v) is 17.5. The van der Waals surface area contributed by atoms with Crippen molar-refractivity contribution in [2.45, 2.75) is 32.6 Å². The predicted molar refractivity (Wildman–Crippen MR) is 112 cm³/mol. The van der Waals surface area contributed by atoms with E-state index < -0.39 is 0 Å². The van der Waals surface area contributed by atoms with Gasteiger partial charge in [-0.15, -0.1) is 12.4 Å². The van der Waals surface area contributed by atoms with Crippen molar-refractivity contribution in [1.29, 1.82) is 0 Å². The third-order valence-corrected chi connectivity index (χ3v) is 4.97. The Bertz CT molecular complexity index is 867. The van der Waals surface area contributed by atoms with E-state index in [4.69, 9.17) is 11.6 Å². The van der Waals surface area contributed by atoms with Gasteiger partial charge >= 0.3 is 0 Å². The molecular weight excluding hydrogens is 399 g/mol. The van der Waals surface area contributed by atoms with Crippen molar-refractivity contribution in [3.05, 3.63) is 57.6 Å². The van der Waals surface area contributed by atoms with Crippen LogP contribution in [0.2, 0.25) is 5.02 Å². The zero-order valence-electron chi connectivity index (χ0n) is 15.9. The average Bonchev–Trinajstić information content (AvgIpc) is 2.66. The number of carbonyl (C=O) groups is 2. The summed E-state index contributed by atoms with van der Waals surface area (Å²) in [7, 11) is 0. The van der Waals surface area contributed by atoms with Crippen molar-refractivity contribution < 1.29 is 9.59 Å². The lowest BCUT2D eigenvalue weighted by molar-refractivity contribution is 0.0901. The minimum atomic E-state index is -0.309. The number of aryl methyl sites for hydroxylation is 2. The zero-order chi connectivity index (χ0) is 19.4. The van der Waals surface area contributed by atoms with Crippen LogP contribution in [0.3, 0.4) is 0 Å². The van der Waals surface area contributed by atoms with E-state index in [1.54, 1.807) is 24.3 Å². The van der Waals surface area contributed by atoms with Gasteiger partial charge in [-0.05, 0) is 51.9 Å². The minimum absolute atomic E-state index is 0.